The van der Waals surface area contributed by atoms with Gasteiger partial charge in [-0.05, 0) is 135 Å². The van der Waals surface area contributed by atoms with Crippen LogP contribution in [0.15, 0.2) is 42.0 Å². The second-order valence-corrected chi connectivity index (χ2v) is 24.4. The molecular weight excluding hydrogens is 903 g/mol. The van der Waals surface area contributed by atoms with Crippen molar-refractivity contribution in [2.75, 3.05) is 11.9 Å². The standard InChI is InChI=1S/C54H83NO15/c1-26-17-22-54(49(64)55-30-13-11-10-12-14-30)24-23-52(8)31(36(54)27(26)2)15-16-34-51(7)20-19-35(50(5,6)33(51)18-21-53(34,52)9)68-48-45(70-47-42(62)40(60)38(58)29(4)66-47)43(63)44(32(25-56)67-48)69-46-41(61)39(59)37(57)28(3)65-46/h10-15,26-29,32-48,56-63H,16-25H2,1-9H3,(H,55,64)/t26-,27+,28+,29+,32-,33+,34-,35-,36+,37+,38+,39-,40-,41-,42-,43+,44-,45-,46+,47+,48+,51+,52-,53-,54+/m1/s1. The second-order valence-electron chi connectivity index (χ2n) is 24.4. The molecule has 9 N–H and O–H groups in total. The largest absolute Gasteiger partial charge is 0.394 e. The van der Waals surface area contributed by atoms with E-state index < -0.39 is 116 Å². The minimum absolute atomic E-state index is 0.0366. The molecule has 8 aliphatic rings. The first-order valence-electron chi connectivity index (χ1n) is 26.3. The van der Waals surface area contributed by atoms with Crippen LogP contribution in [0.3, 0.4) is 0 Å². The summed E-state index contributed by atoms with van der Waals surface area (Å²) in [4.78, 5) is 14.7. The fraction of sp³-hybridized carbons (Fsp3) is 0.833. The topological polar surface area (TPSA) is 246 Å². The normalized spacial score (nSPS) is 52.2. The summed E-state index contributed by atoms with van der Waals surface area (Å²) in [6, 6.07) is 9.87. The Hall–Kier alpha value is -2.13. The zero-order chi connectivity index (χ0) is 50.6. The van der Waals surface area contributed by atoms with Gasteiger partial charge in [0.25, 0.3) is 0 Å². The third-order valence-corrected chi connectivity index (χ3v) is 20.7. The number of carbonyl (C=O) groups is 1. The SMILES string of the molecule is C[C@H]1[C@H](C)CC[C@]2(C(=O)Nc3ccccc3)CC[C@]3(C)C(=CC[C@@H]4[C@@]5(C)CC[C@@H](O[C@@H]6O[C@H](CO)[C@@H](O[C@@H]7O[C@@H](C)[C@H](O)[C@@H](O)[C@H]7O)[C@H](O)[C@H]6O[C@@H]6O[C@@H](C)[C@H](O)[C@@H](O)[C@H]6O)C(C)(C)[C@@H]5CC[C@]43C)[C@H]12. The molecule has 394 valence electrons. The van der Waals surface area contributed by atoms with E-state index in [1.165, 1.54) is 19.4 Å². The zero-order valence-corrected chi connectivity index (χ0v) is 42.6. The molecule has 16 nitrogen and oxygen atoms in total. The first-order valence-corrected chi connectivity index (χ1v) is 26.3. The van der Waals surface area contributed by atoms with Crippen LogP contribution in [0.5, 0.6) is 0 Å². The van der Waals surface area contributed by atoms with E-state index in [-0.39, 0.29) is 34.0 Å². The molecule has 70 heavy (non-hydrogen) atoms. The third-order valence-electron chi connectivity index (χ3n) is 20.7. The van der Waals surface area contributed by atoms with Crippen molar-refractivity contribution >= 4 is 11.6 Å². The van der Waals surface area contributed by atoms with Crippen molar-refractivity contribution in [3.8, 4) is 0 Å². The van der Waals surface area contributed by atoms with E-state index in [4.69, 9.17) is 28.4 Å². The lowest BCUT2D eigenvalue weighted by Crippen LogP contribution is -2.68. The highest BCUT2D eigenvalue weighted by molar-refractivity contribution is 5.96. The molecule has 0 unspecified atom stereocenters. The fourth-order valence-corrected chi connectivity index (χ4v) is 16.1. The molecule has 16 heteroatoms. The number of para-hydroxylation sites is 1. The number of rotatable bonds is 9. The average Bonchev–Trinajstić information content (AvgIpc) is 3.32. The second kappa shape index (κ2) is 19.2. The van der Waals surface area contributed by atoms with Gasteiger partial charge in [-0.25, -0.2) is 0 Å². The summed E-state index contributed by atoms with van der Waals surface area (Å²) in [6.07, 6.45) is -11.7. The van der Waals surface area contributed by atoms with Crippen LogP contribution in [0.25, 0.3) is 0 Å². The molecule has 5 aliphatic carbocycles. The maximum Gasteiger partial charge on any atom is 0.231 e. The van der Waals surface area contributed by atoms with Crippen LogP contribution >= 0.6 is 0 Å². The molecule has 3 heterocycles. The van der Waals surface area contributed by atoms with E-state index in [0.29, 0.717) is 24.2 Å². The number of aliphatic hydroxyl groups excluding tert-OH is 8. The van der Waals surface area contributed by atoms with Gasteiger partial charge in [-0.2, -0.15) is 0 Å². The highest BCUT2D eigenvalue weighted by Gasteiger charge is 2.70. The lowest BCUT2D eigenvalue weighted by molar-refractivity contribution is -0.393. The molecule has 0 radical (unpaired) electrons. The van der Waals surface area contributed by atoms with E-state index in [1.54, 1.807) is 0 Å². The van der Waals surface area contributed by atoms with Crippen LogP contribution in [-0.2, 0) is 33.2 Å². The number of benzene rings is 1. The number of aliphatic hydroxyl groups is 8. The van der Waals surface area contributed by atoms with Gasteiger partial charge in [-0.15, -0.1) is 0 Å². The van der Waals surface area contributed by atoms with Gasteiger partial charge >= 0.3 is 0 Å². The average molecular weight is 986 g/mol. The molecule has 1 amide bonds. The number of anilines is 1. The van der Waals surface area contributed by atoms with Gasteiger partial charge in [0.2, 0.25) is 5.91 Å². The minimum Gasteiger partial charge on any atom is -0.394 e. The third kappa shape index (κ3) is 8.29. The molecule has 3 saturated heterocycles. The van der Waals surface area contributed by atoms with E-state index in [9.17, 15) is 45.6 Å². The summed E-state index contributed by atoms with van der Waals surface area (Å²) in [5, 5.41) is 90.4. The quantitative estimate of drug-likeness (QED) is 0.125. The van der Waals surface area contributed by atoms with E-state index in [2.05, 4.69) is 59.9 Å². The van der Waals surface area contributed by atoms with Crippen molar-refractivity contribution < 1.29 is 74.1 Å². The van der Waals surface area contributed by atoms with Gasteiger partial charge in [0.1, 0.15) is 61.0 Å². The lowest BCUT2D eigenvalue weighted by Gasteiger charge is -2.71. The Balaban J connectivity index is 0.984. The van der Waals surface area contributed by atoms with Gasteiger partial charge in [0.15, 0.2) is 18.9 Å². The smallest absolute Gasteiger partial charge is 0.231 e. The summed E-state index contributed by atoms with van der Waals surface area (Å²) < 4.78 is 37.4. The molecule has 7 fully saturated rings. The maximum atomic E-state index is 14.7. The van der Waals surface area contributed by atoms with E-state index in [1.807, 2.05) is 30.3 Å². The van der Waals surface area contributed by atoms with Gasteiger partial charge < -0.3 is 74.6 Å². The molecular formula is C54H83NO15. The van der Waals surface area contributed by atoms with Crippen LogP contribution in [0.4, 0.5) is 5.69 Å². The number of hydrogen-bond donors (Lipinski definition) is 9. The van der Waals surface area contributed by atoms with Crippen molar-refractivity contribution in [3.05, 3.63) is 42.0 Å². The maximum absolute atomic E-state index is 14.7. The van der Waals surface area contributed by atoms with Gasteiger partial charge in [0, 0.05) is 5.69 Å². The van der Waals surface area contributed by atoms with Crippen LogP contribution in [0, 0.1) is 56.7 Å². The number of hydrogen-bond acceptors (Lipinski definition) is 15. The molecule has 0 spiro atoms. The van der Waals surface area contributed by atoms with E-state index in [0.717, 1.165) is 57.1 Å². The van der Waals surface area contributed by atoms with Crippen LogP contribution in [0.2, 0.25) is 0 Å². The molecule has 3 aliphatic heterocycles. The molecule has 9 rings (SSSR count). The molecule has 1 aromatic rings. The van der Waals surface area contributed by atoms with Crippen LogP contribution in [0.1, 0.15) is 120 Å². The number of fused-ring (bicyclic) bond motifs is 7. The number of ether oxygens (including phenoxy) is 6. The van der Waals surface area contributed by atoms with Crippen molar-refractivity contribution in [1.82, 2.24) is 0 Å². The van der Waals surface area contributed by atoms with Gasteiger partial charge in [0.05, 0.1) is 30.3 Å². The Morgan fingerprint density at radius 3 is 1.89 bits per heavy atom. The summed E-state index contributed by atoms with van der Waals surface area (Å²) in [5.74, 6) is 1.72. The number of carbonyl (C=O) groups excluding carboxylic acids is 1. The molecule has 0 aromatic heterocycles. The highest BCUT2D eigenvalue weighted by Crippen LogP contribution is 2.76. The fourth-order valence-electron chi connectivity index (χ4n) is 16.1. The number of nitrogens with one attached hydrogen (secondary N) is 1. The minimum atomic E-state index is -1.73. The molecule has 4 saturated carbocycles. The molecule has 0 bridgehead atoms. The van der Waals surface area contributed by atoms with Crippen molar-refractivity contribution in [2.45, 2.75) is 218 Å². The van der Waals surface area contributed by atoms with Crippen LogP contribution in [-0.4, -0.2) is 152 Å². The summed E-state index contributed by atoms with van der Waals surface area (Å²) in [7, 11) is 0. The van der Waals surface area contributed by atoms with Gasteiger partial charge in [-0.1, -0.05) is 78.3 Å². The zero-order valence-electron chi connectivity index (χ0n) is 42.6. The highest BCUT2D eigenvalue weighted by atomic mass is 16.8. The van der Waals surface area contributed by atoms with Crippen molar-refractivity contribution in [2.24, 2.45) is 56.7 Å². The Labute approximate surface area is 413 Å². The summed E-state index contributed by atoms with van der Waals surface area (Å²) in [6.45, 7) is 19.1. The predicted molar refractivity (Wildman–Crippen MR) is 255 cm³/mol. The Morgan fingerprint density at radius 2 is 1.27 bits per heavy atom. The monoisotopic (exact) mass is 986 g/mol. The van der Waals surface area contributed by atoms with Crippen molar-refractivity contribution in [1.29, 1.82) is 0 Å². The Morgan fingerprint density at radius 1 is 0.657 bits per heavy atom. The van der Waals surface area contributed by atoms with Gasteiger partial charge in [-0.3, -0.25) is 4.79 Å². The summed E-state index contributed by atoms with van der Waals surface area (Å²) >= 11 is 0. The first kappa shape index (κ1) is 52.7. The number of amides is 1. The lowest BCUT2D eigenvalue weighted by atomic mass is 9.33. The Kier molecular flexibility index (Phi) is 14.5. The molecule has 1 aromatic carbocycles. The molecule has 25 atom stereocenters. The summed E-state index contributed by atoms with van der Waals surface area (Å²) in [5.41, 5.74) is 1.18. The number of allylic oxidation sites excluding steroid dienone is 2. The first-order chi connectivity index (χ1) is 32.9. The Bertz CT molecular complexity index is 2060. The van der Waals surface area contributed by atoms with Crippen LogP contribution < -0.4 is 5.32 Å². The van der Waals surface area contributed by atoms with Crippen molar-refractivity contribution in [3.63, 3.8) is 0 Å². The van der Waals surface area contributed by atoms with E-state index >= 15 is 0 Å². The predicted octanol–water partition coefficient (Wildman–Crippen LogP) is 4.17.